The summed E-state index contributed by atoms with van der Waals surface area (Å²) in [5, 5.41) is 0. The smallest absolute Gasteiger partial charge is 0.234 e. The molecule has 10 heavy (non-hydrogen) atoms. The van der Waals surface area contributed by atoms with Crippen LogP contribution in [0.25, 0.3) is 0 Å². The minimum Gasteiger partial charge on any atom is -0.368 e. The predicted molar refractivity (Wildman–Crippen MR) is 38.0 cm³/mol. The fourth-order valence-corrected chi connectivity index (χ4v) is 1.07. The van der Waals surface area contributed by atoms with Gasteiger partial charge < -0.3 is 5.73 Å². The zero-order valence-corrected chi connectivity index (χ0v) is 5.71. The predicted octanol–water partition coefficient (Wildman–Crippen LogP) is -0.821. The maximum absolute atomic E-state index is 10.6. The first-order chi connectivity index (χ1) is 4.75. The Morgan fingerprint density at radius 2 is 2.60 bits per heavy atom. The average Bonchev–Trinajstić information content (AvgIpc) is 1.78. The van der Waals surface area contributed by atoms with Crippen molar-refractivity contribution >= 4 is 5.91 Å². The quantitative estimate of drug-likeness (QED) is 0.507. The van der Waals surface area contributed by atoms with Crippen LogP contribution < -0.4 is 5.73 Å². The van der Waals surface area contributed by atoms with Gasteiger partial charge in [0.05, 0.1) is 12.6 Å². The van der Waals surface area contributed by atoms with Crippen molar-refractivity contribution in [1.29, 1.82) is 0 Å². The van der Waals surface area contributed by atoms with Gasteiger partial charge in [0, 0.05) is 6.54 Å². The second-order valence-electron chi connectivity index (χ2n) is 2.38. The summed E-state index contributed by atoms with van der Waals surface area (Å²) in [5.41, 5.74) is 5.07. The number of amides is 1. The molecule has 3 nitrogen and oxygen atoms in total. The Labute approximate surface area is 60.2 Å². The van der Waals surface area contributed by atoms with Gasteiger partial charge in [0.2, 0.25) is 5.91 Å². The number of nitrogens with zero attached hydrogens (tertiary/aromatic N) is 1. The second-order valence-corrected chi connectivity index (χ2v) is 2.38. The lowest BCUT2D eigenvalue weighted by atomic mass is 10.0. The van der Waals surface area contributed by atoms with Crippen LogP contribution in [0, 0.1) is 12.3 Å². The highest BCUT2D eigenvalue weighted by molar-refractivity contribution is 5.80. The van der Waals surface area contributed by atoms with Crippen molar-refractivity contribution < 1.29 is 4.79 Å². The number of hydrogen-bond acceptors (Lipinski definition) is 2. The van der Waals surface area contributed by atoms with E-state index in [4.69, 9.17) is 12.2 Å². The number of rotatable bonds is 2. The van der Waals surface area contributed by atoms with E-state index in [2.05, 4.69) is 5.92 Å². The van der Waals surface area contributed by atoms with Crippen molar-refractivity contribution in [2.45, 2.75) is 12.5 Å². The van der Waals surface area contributed by atoms with Crippen molar-refractivity contribution in [2.75, 3.05) is 13.1 Å². The molecule has 0 spiro atoms. The molecule has 0 aromatic heterocycles. The fourth-order valence-electron chi connectivity index (χ4n) is 1.07. The third-order valence-corrected chi connectivity index (χ3v) is 1.75. The van der Waals surface area contributed by atoms with Crippen LogP contribution in [0.3, 0.4) is 0 Å². The molecular formula is C7H10N2O. The number of likely N-dealkylation sites (tertiary alicyclic amines) is 1. The van der Waals surface area contributed by atoms with E-state index < -0.39 is 0 Å². The van der Waals surface area contributed by atoms with Gasteiger partial charge in [0.15, 0.2) is 0 Å². The molecule has 1 rings (SSSR count). The minimum atomic E-state index is -0.262. The summed E-state index contributed by atoms with van der Waals surface area (Å²) < 4.78 is 0. The largest absolute Gasteiger partial charge is 0.368 e. The molecule has 2 N–H and O–H groups in total. The number of terminal acetylenes is 1. The van der Waals surface area contributed by atoms with E-state index >= 15 is 0 Å². The summed E-state index contributed by atoms with van der Waals surface area (Å²) in [6.07, 6.45) is 5.92. The molecule has 1 amide bonds. The Hall–Kier alpha value is -1.01. The fraction of sp³-hybridized carbons (Fsp3) is 0.571. The maximum atomic E-state index is 10.6. The molecule has 1 heterocycles. The van der Waals surface area contributed by atoms with Crippen molar-refractivity contribution in [1.82, 2.24) is 4.90 Å². The SMILES string of the molecule is C#CCN1CCC1C(N)=O. The van der Waals surface area contributed by atoms with Gasteiger partial charge in [0.25, 0.3) is 0 Å². The van der Waals surface area contributed by atoms with Crippen molar-refractivity contribution in [2.24, 2.45) is 5.73 Å². The van der Waals surface area contributed by atoms with E-state index in [1.807, 2.05) is 4.90 Å². The van der Waals surface area contributed by atoms with Gasteiger partial charge in [-0.2, -0.15) is 0 Å². The Kier molecular flexibility index (Phi) is 1.93. The zero-order valence-electron chi connectivity index (χ0n) is 5.71. The molecule has 0 radical (unpaired) electrons. The highest BCUT2D eigenvalue weighted by Gasteiger charge is 2.31. The van der Waals surface area contributed by atoms with Crippen molar-refractivity contribution in [3.8, 4) is 12.3 Å². The summed E-state index contributed by atoms with van der Waals surface area (Å²) in [4.78, 5) is 12.5. The highest BCUT2D eigenvalue weighted by Crippen LogP contribution is 2.14. The van der Waals surface area contributed by atoms with E-state index in [1.165, 1.54) is 0 Å². The molecular weight excluding hydrogens is 128 g/mol. The van der Waals surface area contributed by atoms with E-state index in [0.29, 0.717) is 6.54 Å². The van der Waals surface area contributed by atoms with E-state index in [9.17, 15) is 4.79 Å². The molecule has 3 heteroatoms. The average molecular weight is 138 g/mol. The molecule has 0 aromatic rings. The van der Waals surface area contributed by atoms with Crippen LogP contribution in [0.4, 0.5) is 0 Å². The third kappa shape index (κ3) is 1.12. The van der Waals surface area contributed by atoms with Crippen LogP contribution in [0.15, 0.2) is 0 Å². The number of hydrogen-bond donors (Lipinski definition) is 1. The molecule has 1 unspecified atom stereocenters. The van der Waals surface area contributed by atoms with Gasteiger partial charge in [0.1, 0.15) is 0 Å². The van der Waals surface area contributed by atoms with Crippen LogP contribution in [-0.4, -0.2) is 29.9 Å². The molecule has 0 aliphatic carbocycles. The standard InChI is InChI=1S/C7H10N2O/c1-2-4-9-5-3-6(9)7(8)10/h1,6H,3-5H2,(H2,8,10). The zero-order chi connectivity index (χ0) is 7.56. The maximum Gasteiger partial charge on any atom is 0.234 e. The normalized spacial score (nSPS) is 24.9. The molecule has 1 saturated heterocycles. The first-order valence-electron chi connectivity index (χ1n) is 3.22. The highest BCUT2D eigenvalue weighted by atomic mass is 16.1. The molecule has 0 saturated carbocycles. The molecule has 0 aromatic carbocycles. The topological polar surface area (TPSA) is 46.3 Å². The summed E-state index contributed by atoms with van der Waals surface area (Å²) in [7, 11) is 0. The molecule has 0 bridgehead atoms. The lowest BCUT2D eigenvalue weighted by molar-refractivity contribution is -0.126. The van der Waals surface area contributed by atoms with Crippen LogP contribution in [0.1, 0.15) is 6.42 Å². The van der Waals surface area contributed by atoms with Gasteiger partial charge in [-0.3, -0.25) is 9.69 Å². The molecule has 1 fully saturated rings. The number of nitrogens with two attached hydrogens (primary N) is 1. The lowest BCUT2D eigenvalue weighted by Crippen LogP contribution is -2.54. The second kappa shape index (κ2) is 2.72. The Morgan fingerprint density at radius 1 is 1.90 bits per heavy atom. The van der Waals surface area contributed by atoms with Crippen LogP contribution >= 0.6 is 0 Å². The van der Waals surface area contributed by atoms with Crippen molar-refractivity contribution in [3.63, 3.8) is 0 Å². The summed E-state index contributed by atoms with van der Waals surface area (Å²) in [6, 6.07) is -0.101. The first-order valence-corrected chi connectivity index (χ1v) is 3.22. The van der Waals surface area contributed by atoms with Gasteiger partial charge >= 0.3 is 0 Å². The first kappa shape index (κ1) is 7.10. The minimum absolute atomic E-state index is 0.101. The van der Waals surface area contributed by atoms with Crippen LogP contribution in [0.5, 0.6) is 0 Å². The lowest BCUT2D eigenvalue weighted by Gasteiger charge is -2.37. The summed E-state index contributed by atoms with van der Waals surface area (Å²) >= 11 is 0. The van der Waals surface area contributed by atoms with Gasteiger partial charge in [-0.1, -0.05) is 5.92 Å². The number of carbonyl (C=O) groups is 1. The Balaban J connectivity index is 2.37. The number of primary amides is 1. The van der Waals surface area contributed by atoms with Gasteiger partial charge in [-0.25, -0.2) is 0 Å². The van der Waals surface area contributed by atoms with E-state index in [0.717, 1.165) is 13.0 Å². The van der Waals surface area contributed by atoms with E-state index in [1.54, 1.807) is 0 Å². The third-order valence-electron chi connectivity index (χ3n) is 1.75. The summed E-state index contributed by atoms with van der Waals surface area (Å²) in [5.74, 6) is 2.21. The van der Waals surface area contributed by atoms with Gasteiger partial charge in [-0.15, -0.1) is 6.42 Å². The van der Waals surface area contributed by atoms with Crippen LogP contribution in [-0.2, 0) is 4.79 Å². The number of carbonyl (C=O) groups excluding carboxylic acids is 1. The molecule has 54 valence electrons. The molecule has 1 aliphatic heterocycles. The molecule has 1 aliphatic rings. The Bertz CT molecular complexity index is 183. The summed E-state index contributed by atoms with van der Waals surface area (Å²) in [6.45, 7) is 1.44. The molecule has 1 atom stereocenters. The monoisotopic (exact) mass is 138 g/mol. The Morgan fingerprint density at radius 3 is 2.90 bits per heavy atom. The van der Waals surface area contributed by atoms with E-state index in [-0.39, 0.29) is 11.9 Å². The van der Waals surface area contributed by atoms with Gasteiger partial charge in [-0.05, 0) is 6.42 Å². The van der Waals surface area contributed by atoms with Crippen LogP contribution in [0.2, 0.25) is 0 Å². The van der Waals surface area contributed by atoms with Crippen molar-refractivity contribution in [3.05, 3.63) is 0 Å².